The molecule has 4 nitrogen and oxygen atoms in total. The number of halogens is 2. The molecule has 0 unspecified atom stereocenters. The number of hydrogen-bond acceptors (Lipinski definition) is 4. The molecule has 0 bridgehead atoms. The first-order chi connectivity index (χ1) is 11.0. The number of nitrogens with one attached hydrogen (secondary N) is 1. The van der Waals surface area contributed by atoms with Crippen LogP contribution < -0.4 is 5.32 Å². The Morgan fingerprint density at radius 3 is 2.74 bits per heavy atom. The summed E-state index contributed by atoms with van der Waals surface area (Å²) in [5.74, 6) is -0.155. The van der Waals surface area contributed by atoms with Crippen molar-refractivity contribution in [3.8, 4) is 0 Å². The average molecular weight is 346 g/mol. The standard InChI is InChI=1S/C16H24F2N2O2S/c1-11(9-13(21)14-3-2-8-23-14)19-16(22)12-4-6-20(7-5-12)10-15(17)18/h2-3,8,11-13,15,21H,4-7,9-10H2,1H3,(H,19,22)/t11-,13-/m1/s1. The molecule has 0 saturated carbocycles. The number of likely N-dealkylation sites (tertiary alicyclic amines) is 1. The van der Waals surface area contributed by atoms with Crippen LogP contribution in [-0.2, 0) is 4.79 Å². The van der Waals surface area contributed by atoms with Crippen molar-refractivity contribution in [1.29, 1.82) is 0 Å². The number of nitrogens with zero attached hydrogens (tertiary/aromatic N) is 1. The SMILES string of the molecule is C[C@H](C[C@@H](O)c1cccs1)NC(=O)C1CCN(CC(F)F)CC1. The van der Waals surface area contributed by atoms with E-state index in [0.717, 1.165) is 4.88 Å². The molecule has 0 radical (unpaired) electrons. The van der Waals surface area contributed by atoms with Gasteiger partial charge in [-0.25, -0.2) is 8.78 Å². The van der Waals surface area contributed by atoms with Gasteiger partial charge in [0.25, 0.3) is 6.43 Å². The fourth-order valence-corrected chi connectivity index (χ4v) is 3.65. The molecule has 1 aromatic rings. The molecular weight excluding hydrogens is 322 g/mol. The number of aliphatic hydroxyl groups excluding tert-OH is 1. The van der Waals surface area contributed by atoms with Gasteiger partial charge < -0.3 is 10.4 Å². The van der Waals surface area contributed by atoms with Gasteiger partial charge in [-0.15, -0.1) is 11.3 Å². The number of piperidine rings is 1. The smallest absolute Gasteiger partial charge is 0.251 e. The lowest BCUT2D eigenvalue weighted by atomic mass is 9.95. The zero-order valence-corrected chi connectivity index (χ0v) is 14.1. The van der Waals surface area contributed by atoms with Crippen molar-refractivity contribution in [2.24, 2.45) is 5.92 Å². The monoisotopic (exact) mass is 346 g/mol. The van der Waals surface area contributed by atoms with Gasteiger partial charge in [0.1, 0.15) is 0 Å². The van der Waals surface area contributed by atoms with Gasteiger partial charge >= 0.3 is 0 Å². The molecule has 1 amide bonds. The fourth-order valence-electron chi connectivity index (χ4n) is 2.92. The number of hydrogen-bond donors (Lipinski definition) is 2. The molecule has 2 atom stereocenters. The van der Waals surface area contributed by atoms with Crippen LogP contribution in [0.25, 0.3) is 0 Å². The molecule has 2 N–H and O–H groups in total. The van der Waals surface area contributed by atoms with Crippen LogP contribution in [0.15, 0.2) is 17.5 Å². The van der Waals surface area contributed by atoms with Gasteiger partial charge in [-0.05, 0) is 50.7 Å². The van der Waals surface area contributed by atoms with Crippen molar-refractivity contribution in [1.82, 2.24) is 10.2 Å². The molecule has 0 aliphatic carbocycles. The summed E-state index contributed by atoms with van der Waals surface area (Å²) >= 11 is 1.50. The van der Waals surface area contributed by atoms with Crippen molar-refractivity contribution in [3.05, 3.63) is 22.4 Å². The fraction of sp³-hybridized carbons (Fsp3) is 0.688. The molecule has 0 spiro atoms. The summed E-state index contributed by atoms with van der Waals surface area (Å²) in [4.78, 5) is 14.9. The predicted molar refractivity (Wildman–Crippen MR) is 86.7 cm³/mol. The van der Waals surface area contributed by atoms with E-state index in [4.69, 9.17) is 0 Å². The quantitative estimate of drug-likeness (QED) is 0.798. The third-order valence-electron chi connectivity index (χ3n) is 4.19. The Balaban J connectivity index is 1.72. The highest BCUT2D eigenvalue weighted by Gasteiger charge is 2.27. The van der Waals surface area contributed by atoms with E-state index in [9.17, 15) is 18.7 Å². The van der Waals surface area contributed by atoms with E-state index in [1.807, 2.05) is 24.4 Å². The van der Waals surface area contributed by atoms with Crippen LogP contribution in [0, 0.1) is 5.92 Å². The van der Waals surface area contributed by atoms with Gasteiger partial charge in [-0.3, -0.25) is 9.69 Å². The maximum Gasteiger partial charge on any atom is 0.251 e. The zero-order chi connectivity index (χ0) is 16.8. The van der Waals surface area contributed by atoms with Crippen LogP contribution in [0.3, 0.4) is 0 Å². The minimum Gasteiger partial charge on any atom is -0.387 e. The molecule has 23 heavy (non-hydrogen) atoms. The summed E-state index contributed by atoms with van der Waals surface area (Å²) in [5.41, 5.74) is 0. The number of carbonyl (C=O) groups is 1. The Bertz CT molecular complexity index is 476. The number of thiophene rings is 1. The molecule has 1 fully saturated rings. The normalized spacial score (nSPS) is 19.7. The highest BCUT2D eigenvalue weighted by molar-refractivity contribution is 7.10. The molecule has 2 heterocycles. The summed E-state index contributed by atoms with van der Waals surface area (Å²) < 4.78 is 24.7. The lowest BCUT2D eigenvalue weighted by Gasteiger charge is -2.31. The first kappa shape index (κ1) is 18.3. The Labute approximate surface area is 139 Å². The van der Waals surface area contributed by atoms with Crippen molar-refractivity contribution < 1.29 is 18.7 Å². The van der Waals surface area contributed by atoms with Crippen LogP contribution in [0.1, 0.15) is 37.2 Å². The second-order valence-electron chi connectivity index (χ2n) is 6.14. The van der Waals surface area contributed by atoms with Crippen molar-refractivity contribution >= 4 is 17.2 Å². The highest BCUT2D eigenvalue weighted by Crippen LogP contribution is 2.23. The van der Waals surface area contributed by atoms with Crippen molar-refractivity contribution in [3.63, 3.8) is 0 Å². The molecule has 0 aromatic carbocycles. The minimum absolute atomic E-state index is 0.0347. The third kappa shape index (κ3) is 5.82. The number of alkyl halides is 2. The first-order valence-electron chi connectivity index (χ1n) is 7.98. The zero-order valence-electron chi connectivity index (χ0n) is 13.3. The van der Waals surface area contributed by atoms with Crippen LogP contribution in [0.4, 0.5) is 8.78 Å². The minimum atomic E-state index is -2.32. The summed E-state index contributed by atoms with van der Waals surface area (Å²) in [6.45, 7) is 2.74. The van der Waals surface area contributed by atoms with E-state index in [1.54, 1.807) is 4.90 Å². The van der Waals surface area contributed by atoms with Gasteiger partial charge in [0.05, 0.1) is 12.6 Å². The highest BCUT2D eigenvalue weighted by atomic mass is 32.1. The van der Waals surface area contributed by atoms with Gasteiger partial charge in [0.15, 0.2) is 0 Å². The van der Waals surface area contributed by atoms with Crippen LogP contribution in [0.2, 0.25) is 0 Å². The molecule has 130 valence electrons. The molecule has 7 heteroatoms. The maximum absolute atomic E-state index is 12.3. The summed E-state index contributed by atoms with van der Waals surface area (Å²) in [5, 5.41) is 15.0. The lowest BCUT2D eigenvalue weighted by Crippen LogP contribution is -2.44. The third-order valence-corrected chi connectivity index (χ3v) is 5.17. The molecule has 1 aliphatic rings. The molecule has 1 saturated heterocycles. The van der Waals surface area contributed by atoms with Crippen LogP contribution in [0.5, 0.6) is 0 Å². The number of amides is 1. The molecule has 1 aromatic heterocycles. The molecule has 2 rings (SSSR count). The maximum atomic E-state index is 12.3. The lowest BCUT2D eigenvalue weighted by molar-refractivity contribution is -0.127. The van der Waals surface area contributed by atoms with E-state index in [1.165, 1.54) is 11.3 Å². The van der Waals surface area contributed by atoms with Crippen molar-refractivity contribution in [2.45, 2.75) is 44.8 Å². The van der Waals surface area contributed by atoms with Gasteiger partial charge in [0, 0.05) is 16.8 Å². The van der Waals surface area contributed by atoms with E-state index in [0.29, 0.717) is 32.4 Å². The summed E-state index contributed by atoms with van der Waals surface area (Å²) in [6.07, 6.45) is -1.20. The summed E-state index contributed by atoms with van der Waals surface area (Å²) in [6, 6.07) is 3.64. The van der Waals surface area contributed by atoms with Gasteiger partial charge in [-0.1, -0.05) is 6.07 Å². The number of carbonyl (C=O) groups excluding carboxylic acids is 1. The van der Waals surface area contributed by atoms with E-state index in [-0.39, 0.29) is 24.4 Å². The van der Waals surface area contributed by atoms with E-state index < -0.39 is 12.5 Å². The van der Waals surface area contributed by atoms with E-state index in [2.05, 4.69) is 5.32 Å². The number of aliphatic hydroxyl groups is 1. The average Bonchev–Trinajstić information content (AvgIpc) is 3.01. The van der Waals surface area contributed by atoms with E-state index >= 15 is 0 Å². The second kappa shape index (κ2) is 8.70. The molecular formula is C16H24F2N2O2S. The van der Waals surface area contributed by atoms with Gasteiger partial charge in [0.2, 0.25) is 5.91 Å². The topological polar surface area (TPSA) is 52.6 Å². The largest absolute Gasteiger partial charge is 0.387 e. The van der Waals surface area contributed by atoms with Crippen LogP contribution in [-0.4, -0.2) is 48.0 Å². The van der Waals surface area contributed by atoms with Crippen molar-refractivity contribution in [2.75, 3.05) is 19.6 Å². The van der Waals surface area contributed by atoms with Gasteiger partial charge in [-0.2, -0.15) is 0 Å². The Hall–Kier alpha value is -1.05. The predicted octanol–water partition coefficient (Wildman–Crippen LogP) is 2.65. The second-order valence-corrected chi connectivity index (χ2v) is 7.12. The number of rotatable bonds is 7. The van der Waals surface area contributed by atoms with Crippen LogP contribution >= 0.6 is 11.3 Å². The summed E-state index contributed by atoms with van der Waals surface area (Å²) in [7, 11) is 0. The Morgan fingerprint density at radius 2 is 2.17 bits per heavy atom. The Kier molecular flexibility index (Phi) is 6.92. The Morgan fingerprint density at radius 1 is 1.48 bits per heavy atom. The molecule has 1 aliphatic heterocycles. The first-order valence-corrected chi connectivity index (χ1v) is 8.86.